The molecule has 1 saturated carbocycles. The van der Waals surface area contributed by atoms with Gasteiger partial charge in [0.25, 0.3) is 0 Å². The van der Waals surface area contributed by atoms with Crippen LogP contribution in [0.3, 0.4) is 0 Å². The number of rotatable bonds is 3. The number of ketones is 1. The van der Waals surface area contributed by atoms with Crippen molar-refractivity contribution in [2.75, 3.05) is 13.1 Å². The lowest BCUT2D eigenvalue weighted by molar-refractivity contribution is -0.134. The summed E-state index contributed by atoms with van der Waals surface area (Å²) in [6.45, 7) is 6.50. The second-order valence-electron chi connectivity index (χ2n) is 5.95. The number of carbonyl (C=O) groups excluding carboxylic acids is 1. The Balaban J connectivity index is 2.00. The molecule has 2 rings (SSSR count). The number of nitrogens with zero attached hydrogens (tertiary/aromatic N) is 1. The molecule has 2 nitrogen and oxygen atoms in total. The van der Waals surface area contributed by atoms with Crippen LogP contribution in [-0.4, -0.2) is 29.3 Å². The van der Waals surface area contributed by atoms with Crippen LogP contribution in [0.4, 0.5) is 0 Å². The molecule has 2 aliphatic rings. The van der Waals surface area contributed by atoms with E-state index in [2.05, 4.69) is 18.7 Å². The van der Waals surface area contributed by atoms with E-state index in [-0.39, 0.29) is 5.54 Å². The van der Waals surface area contributed by atoms with Crippen molar-refractivity contribution in [1.82, 2.24) is 4.90 Å². The SMILES string of the molecule is CC(C)(C(=O)C1CCCCC1)N1CCCC1. The Morgan fingerprint density at radius 2 is 1.56 bits per heavy atom. The van der Waals surface area contributed by atoms with Gasteiger partial charge >= 0.3 is 0 Å². The summed E-state index contributed by atoms with van der Waals surface area (Å²) < 4.78 is 0. The lowest BCUT2D eigenvalue weighted by Crippen LogP contribution is -2.51. The molecule has 0 bridgehead atoms. The molecule has 0 amide bonds. The first kappa shape index (κ1) is 12.1. The van der Waals surface area contributed by atoms with E-state index in [1.54, 1.807) is 0 Å². The van der Waals surface area contributed by atoms with Gasteiger partial charge < -0.3 is 0 Å². The Labute approximate surface area is 99.4 Å². The van der Waals surface area contributed by atoms with Gasteiger partial charge in [0.1, 0.15) is 0 Å². The van der Waals surface area contributed by atoms with Gasteiger partial charge in [-0.15, -0.1) is 0 Å². The maximum Gasteiger partial charge on any atom is 0.155 e. The van der Waals surface area contributed by atoms with Crippen LogP contribution in [0.25, 0.3) is 0 Å². The van der Waals surface area contributed by atoms with Crippen LogP contribution in [0, 0.1) is 5.92 Å². The third-order valence-electron chi connectivity index (χ3n) is 4.48. The van der Waals surface area contributed by atoms with Crippen molar-refractivity contribution in [1.29, 1.82) is 0 Å². The van der Waals surface area contributed by atoms with Gasteiger partial charge in [0.05, 0.1) is 5.54 Å². The second-order valence-corrected chi connectivity index (χ2v) is 5.95. The first-order valence-electron chi connectivity index (χ1n) is 6.92. The van der Waals surface area contributed by atoms with Crippen LogP contribution in [0.15, 0.2) is 0 Å². The summed E-state index contributed by atoms with van der Waals surface area (Å²) in [6, 6.07) is 0. The predicted octanol–water partition coefficient (Wildman–Crippen LogP) is 3.01. The largest absolute Gasteiger partial charge is 0.297 e. The highest BCUT2D eigenvalue weighted by Crippen LogP contribution is 2.31. The van der Waals surface area contributed by atoms with E-state index in [1.165, 1.54) is 32.1 Å². The zero-order valence-electron chi connectivity index (χ0n) is 10.8. The Bertz CT molecular complexity index is 247. The fourth-order valence-electron chi connectivity index (χ4n) is 3.30. The summed E-state index contributed by atoms with van der Waals surface area (Å²) in [5.74, 6) is 0.860. The molecule has 0 spiro atoms. The van der Waals surface area contributed by atoms with Crippen molar-refractivity contribution < 1.29 is 4.79 Å². The normalized spacial score (nSPS) is 24.9. The average Bonchev–Trinajstić information content (AvgIpc) is 2.83. The summed E-state index contributed by atoms with van der Waals surface area (Å²) in [4.78, 5) is 15.0. The molecule has 0 aromatic rings. The van der Waals surface area contributed by atoms with E-state index in [4.69, 9.17) is 0 Å². The summed E-state index contributed by atoms with van der Waals surface area (Å²) in [5.41, 5.74) is -0.210. The highest BCUT2D eigenvalue weighted by Gasteiger charge is 2.39. The van der Waals surface area contributed by atoms with Crippen molar-refractivity contribution in [3.63, 3.8) is 0 Å². The zero-order valence-corrected chi connectivity index (χ0v) is 10.8. The van der Waals surface area contributed by atoms with Crippen molar-refractivity contribution in [3.05, 3.63) is 0 Å². The molecule has 2 heteroatoms. The number of likely N-dealkylation sites (tertiary alicyclic amines) is 1. The van der Waals surface area contributed by atoms with Crippen LogP contribution in [0.1, 0.15) is 58.8 Å². The molecule has 1 heterocycles. The van der Waals surface area contributed by atoms with Gasteiger partial charge in [-0.25, -0.2) is 0 Å². The molecule has 1 aliphatic heterocycles. The second kappa shape index (κ2) is 4.87. The highest BCUT2D eigenvalue weighted by atomic mass is 16.1. The topological polar surface area (TPSA) is 20.3 Å². The van der Waals surface area contributed by atoms with E-state index in [1.807, 2.05) is 0 Å². The zero-order chi connectivity index (χ0) is 11.6. The van der Waals surface area contributed by atoms with Crippen LogP contribution in [0.5, 0.6) is 0 Å². The van der Waals surface area contributed by atoms with Crippen LogP contribution in [0.2, 0.25) is 0 Å². The Kier molecular flexibility index (Phi) is 3.68. The standard InChI is InChI=1S/C14H25NO/c1-14(2,15-10-6-7-11-15)13(16)12-8-4-3-5-9-12/h12H,3-11H2,1-2H3. The van der Waals surface area contributed by atoms with Crippen LogP contribution < -0.4 is 0 Å². The molecule has 16 heavy (non-hydrogen) atoms. The van der Waals surface area contributed by atoms with Crippen molar-refractivity contribution in [3.8, 4) is 0 Å². The maximum atomic E-state index is 12.6. The Morgan fingerprint density at radius 1 is 1.00 bits per heavy atom. The van der Waals surface area contributed by atoms with Crippen molar-refractivity contribution in [2.24, 2.45) is 5.92 Å². The van der Waals surface area contributed by atoms with E-state index >= 15 is 0 Å². The third-order valence-corrected chi connectivity index (χ3v) is 4.48. The molecule has 0 atom stereocenters. The molecular formula is C14H25NO. The minimum atomic E-state index is -0.210. The van der Waals surface area contributed by atoms with Gasteiger partial charge in [-0.2, -0.15) is 0 Å². The number of Topliss-reactive ketones (excluding diaryl/α,β-unsaturated/α-hetero) is 1. The number of hydrogen-bond acceptors (Lipinski definition) is 2. The van der Waals surface area contributed by atoms with E-state index in [9.17, 15) is 4.79 Å². The van der Waals surface area contributed by atoms with Gasteiger partial charge in [-0.05, 0) is 52.6 Å². The van der Waals surface area contributed by atoms with Crippen molar-refractivity contribution >= 4 is 5.78 Å². The van der Waals surface area contributed by atoms with Crippen LogP contribution in [-0.2, 0) is 4.79 Å². The summed E-state index contributed by atoms with van der Waals surface area (Å²) in [7, 11) is 0. The molecule has 1 saturated heterocycles. The highest BCUT2D eigenvalue weighted by molar-refractivity contribution is 5.89. The molecule has 92 valence electrons. The Hall–Kier alpha value is -0.370. The fourth-order valence-corrected chi connectivity index (χ4v) is 3.30. The van der Waals surface area contributed by atoms with Gasteiger partial charge in [0.2, 0.25) is 0 Å². The lowest BCUT2D eigenvalue weighted by atomic mass is 9.79. The fraction of sp³-hybridized carbons (Fsp3) is 0.929. The number of hydrogen-bond donors (Lipinski definition) is 0. The van der Waals surface area contributed by atoms with Crippen LogP contribution >= 0.6 is 0 Å². The first-order valence-corrected chi connectivity index (χ1v) is 6.92. The minimum Gasteiger partial charge on any atom is -0.297 e. The molecule has 0 aromatic heterocycles. The summed E-state index contributed by atoms with van der Waals surface area (Å²) >= 11 is 0. The maximum absolute atomic E-state index is 12.6. The minimum absolute atomic E-state index is 0.210. The van der Waals surface area contributed by atoms with Crippen molar-refractivity contribution in [2.45, 2.75) is 64.3 Å². The average molecular weight is 223 g/mol. The van der Waals surface area contributed by atoms with Gasteiger partial charge in [0.15, 0.2) is 5.78 Å². The molecule has 0 aromatic carbocycles. The molecule has 0 N–H and O–H groups in total. The Morgan fingerprint density at radius 3 is 2.12 bits per heavy atom. The lowest BCUT2D eigenvalue weighted by Gasteiger charge is -2.37. The molecule has 0 unspecified atom stereocenters. The van der Waals surface area contributed by atoms with Gasteiger partial charge in [-0.3, -0.25) is 9.69 Å². The molecular weight excluding hydrogens is 198 g/mol. The molecule has 0 radical (unpaired) electrons. The monoisotopic (exact) mass is 223 g/mol. The third kappa shape index (κ3) is 2.32. The quantitative estimate of drug-likeness (QED) is 0.733. The molecule has 2 fully saturated rings. The smallest absolute Gasteiger partial charge is 0.155 e. The predicted molar refractivity (Wildman–Crippen MR) is 66.5 cm³/mol. The van der Waals surface area contributed by atoms with E-state index in [0.29, 0.717) is 11.7 Å². The van der Waals surface area contributed by atoms with E-state index in [0.717, 1.165) is 25.9 Å². The summed E-state index contributed by atoms with van der Waals surface area (Å²) in [6.07, 6.45) is 8.64. The summed E-state index contributed by atoms with van der Waals surface area (Å²) in [5, 5.41) is 0. The number of carbonyl (C=O) groups is 1. The van der Waals surface area contributed by atoms with Gasteiger partial charge in [-0.1, -0.05) is 19.3 Å². The van der Waals surface area contributed by atoms with Gasteiger partial charge in [0, 0.05) is 5.92 Å². The first-order chi connectivity index (χ1) is 7.62. The van der Waals surface area contributed by atoms with E-state index < -0.39 is 0 Å². The molecule has 1 aliphatic carbocycles.